The molecule has 1 aliphatic rings. The van der Waals surface area contributed by atoms with Crippen LogP contribution < -0.4 is 10.2 Å². The highest BCUT2D eigenvalue weighted by molar-refractivity contribution is 7.89. The predicted molar refractivity (Wildman–Crippen MR) is 127 cm³/mol. The molecule has 1 saturated heterocycles. The lowest BCUT2D eigenvalue weighted by Crippen LogP contribution is -2.31. The lowest BCUT2D eigenvalue weighted by molar-refractivity contribution is -0.384. The Balaban J connectivity index is 1.55. The van der Waals surface area contributed by atoms with Gasteiger partial charge >= 0.3 is 0 Å². The van der Waals surface area contributed by atoms with E-state index in [0.717, 1.165) is 29.7 Å². The molecule has 3 aromatic rings. The Labute approximate surface area is 191 Å². The molecule has 10 heteroatoms. The van der Waals surface area contributed by atoms with Gasteiger partial charge in [0.15, 0.2) is 0 Å². The molecule has 4 rings (SSSR count). The van der Waals surface area contributed by atoms with Gasteiger partial charge in [-0.05, 0) is 36.4 Å². The lowest BCUT2D eigenvalue weighted by Gasteiger charge is -2.20. The quantitative estimate of drug-likeness (QED) is 0.419. The number of nitrogens with zero attached hydrogens (tertiary/aromatic N) is 3. The van der Waals surface area contributed by atoms with E-state index >= 15 is 0 Å². The Morgan fingerprint density at radius 3 is 2.52 bits per heavy atom. The summed E-state index contributed by atoms with van der Waals surface area (Å²) in [5.41, 5.74) is 0.442. The molecule has 172 valence electrons. The summed E-state index contributed by atoms with van der Waals surface area (Å²) in [6.45, 7) is 0.667. The molecule has 33 heavy (non-hydrogen) atoms. The van der Waals surface area contributed by atoms with Crippen molar-refractivity contribution in [2.24, 2.45) is 0 Å². The first kappa shape index (κ1) is 22.7. The van der Waals surface area contributed by atoms with E-state index in [-0.39, 0.29) is 28.7 Å². The van der Waals surface area contributed by atoms with Crippen molar-refractivity contribution in [1.29, 1.82) is 0 Å². The van der Waals surface area contributed by atoms with Gasteiger partial charge in [-0.3, -0.25) is 14.9 Å². The molecule has 1 amide bonds. The summed E-state index contributed by atoms with van der Waals surface area (Å²) in [5.74, 6) is -0.350. The molecule has 0 aromatic heterocycles. The third-order valence-electron chi connectivity index (χ3n) is 5.70. The van der Waals surface area contributed by atoms with E-state index in [2.05, 4.69) is 5.32 Å². The Bertz CT molecular complexity index is 1310. The Hall–Kier alpha value is -3.50. The van der Waals surface area contributed by atoms with E-state index in [4.69, 9.17) is 0 Å². The molecular formula is C23H24N4O5S. The maximum Gasteiger partial charge on any atom is 0.293 e. The highest BCUT2D eigenvalue weighted by Crippen LogP contribution is 2.32. The minimum absolute atomic E-state index is 0.117. The van der Waals surface area contributed by atoms with Crippen LogP contribution in [-0.2, 0) is 14.8 Å². The Morgan fingerprint density at radius 1 is 1.09 bits per heavy atom. The van der Waals surface area contributed by atoms with Crippen molar-refractivity contribution in [2.75, 3.05) is 36.9 Å². The maximum absolute atomic E-state index is 12.8. The molecule has 0 aliphatic carbocycles. The van der Waals surface area contributed by atoms with Crippen LogP contribution in [0.15, 0.2) is 65.6 Å². The van der Waals surface area contributed by atoms with Crippen LogP contribution in [0.4, 0.5) is 17.1 Å². The van der Waals surface area contributed by atoms with Crippen LogP contribution in [0.25, 0.3) is 10.8 Å². The zero-order chi connectivity index (χ0) is 23.6. The number of nitro benzene ring substituents is 1. The molecule has 1 aliphatic heterocycles. The number of carbonyl (C=O) groups is 1. The fraction of sp³-hybridized carbons (Fsp3) is 0.261. The SMILES string of the molecule is CN(CC(=O)Nc1cccc2ccccc12)c1ccc(S(=O)(=O)N2CCCC2)cc1[N+](=O)[O-]. The highest BCUT2D eigenvalue weighted by atomic mass is 32.2. The number of sulfonamides is 1. The molecule has 3 aromatic carbocycles. The van der Waals surface area contributed by atoms with Gasteiger partial charge in [0.25, 0.3) is 5.69 Å². The largest absolute Gasteiger partial charge is 0.360 e. The Kier molecular flexibility index (Phi) is 6.30. The average molecular weight is 469 g/mol. The van der Waals surface area contributed by atoms with Crippen molar-refractivity contribution in [1.82, 2.24) is 4.31 Å². The van der Waals surface area contributed by atoms with Crippen LogP contribution in [0, 0.1) is 10.1 Å². The highest BCUT2D eigenvalue weighted by Gasteiger charge is 2.30. The van der Waals surface area contributed by atoms with Crippen LogP contribution in [-0.4, -0.2) is 50.2 Å². The van der Waals surface area contributed by atoms with E-state index in [1.807, 2.05) is 36.4 Å². The van der Waals surface area contributed by atoms with Gasteiger partial charge < -0.3 is 10.2 Å². The maximum atomic E-state index is 12.8. The number of hydrogen-bond acceptors (Lipinski definition) is 6. The van der Waals surface area contributed by atoms with Crippen molar-refractivity contribution in [3.8, 4) is 0 Å². The van der Waals surface area contributed by atoms with Crippen molar-refractivity contribution in [2.45, 2.75) is 17.7 Å². The van der Waals surface area contributed by atoms with Crippen LogP contribution >= 0.6 is 0 Å². The van der Waals surface area contributed by atoms with E-state index in [1.165, 1.54) is 21.3 Å². The predicted octanol–water partition coefficient (Wildman–Crippen LogP) is 3.61. The summed E-state index contributed by atoms with van der Waals surface area (Å²) in [5, 5.41) is 16.4. The van der Waals surface area contributed by atoms with Gasteiger partial charge in [-0.15, -0.1) is 0 Å². The van der Waals surface area contributed by atoms with Gasteiger partial charge in [0.1, 0.15) is 5.69 Å². The second-order valence-electron chi connectivity index (χ2n) is 7.95. The van der Waals surface area contributed by atoms with E-state index < -0.39 is 14.9 Å². The van der Waals surface area contributed by atoms with Crippen molar-refractivity contribution < 1.29 is 18.1 Å². The first-order valence-corrected chi connectivity index (χ1v) is 12.0. The first-order valence-electron chi connectivity index (χ1n) is 10.5. The molecule has 0 atom stereocenters. The number of hydrogen-bond donors (Lipinski definition) is 1. The number of nitro groups is 1. The molecule has 1 heterocycles. The van der Waals surface area contributed by atoms with Crippen LogP contribution in [0.3, 0.4) is 0 Å². The minimum atomic E-state index is -3.79. The standard InChI is InChI=1S/C23H24N4O5S/c1-25(16-23(28)24-20-10-6-8-17-7-2-3-9-19(17)20)21-12-11-18(15-22(21)27(29)30)33(31,32)26-13-4-5-14-26/h2-3,6-12,15H,4-5,13-14,16H2,1H3,(H,24,28). The molecule has 0 saturated carbocycles. The topological polar surface area (TPSA) is 113 Å². The zero-order valence-electron chi connectivity index (χ0n) is 18.1. The monoisotopic (exact) mass is 468 g/mol. The number of carbonyl (C=O) groups excluding carboxylic acids is 1. The van der Waals surface area contributed by atoms with Crippen LogP contribution in [0.5, 0.6) is 0 Å². The second-order valence-corrected chi connectivity index (χ2v) is 9.89. The third kappa shape index (κ3) is 4.67. The summed E-state index contributed by atoms with van der Waals surface area (Å²) in [6, 6.07) is 17.0. The molecule has 0 radical (unpaired) electrons. The van der Waals surface area contributed by atoms with Gasteiger partial charge in [0.05, 0.1) is 16.4 Å². The van der Waals surface area contributed by atoms with E-state index in [0.29, 0.717) is 18.8 Å². The van der Waals surface area contributed by atoms with Gasteiger partial charge in [-0.1, -0.05) is 36.4 Å². The van der Waals surface area contributed by atoms with Gasteiger partial charge in [-0.25, -0.2) is 8.42 Å². The number of rotatable bonds is 7. The Morgan fingerprint density at radius 2 is 1.79 bits per heavy atom. The van der Waals surface area contributed by atoms with Crippen molar-refractivity contribution >= 4 is 43.8 Å². The number of nitrogens with one attached hydrogen (secondary N) is 1. The smallest absolute Gasteiger partial charge is 0.293 e. The number of anilines is 2. The summed E-state index contributed by atoms with van der Waals surface area (Å²) < 4.78 is 26.9. The van der Waals surface area contributed by atoms with E-state index in [1.54, 1.807) is 13.1 Å². The minimum Gasteiger partial charge on any atom is -0.360 e. The molecule has 0 bridgehead atoms. The summed E-state index contributed by atoms with van der Waals surface area (Å²) in [7, 11) is -2.24. The molecule has 0 unspecified atom stereocenters. The van der Waals surface area contributed by atoms with Gasteiger partial charge in [0.2, 0.25) is 15.9 Å². The molecule has 9 nitrogen and oxygen atoms in total. The first-order chi connectivity index (χ1) is 15.8. The fourth-order valence-corrected chi connectivity index (χ4v) is 5.57. The van der Waals surface area contributed by atoms with Crippen LogP contribution in [0.2, 0.25) is 0 Å². The third-order valence-corrected chi connectivity index (χ3v) is 7.60. The molecular weight excluding hydrogens is 444 g/mol. The van der Waals surface area contributed by atoms with Crippen molar-refractivity contribution in [3.05, 3.63) is 70.8 Å². The second kappa shape index (κ2) is 9.16. The van der Waals surface area contributed by atoms with Gasteiger partial charge in [0, 0.05) is 37.3 Å². The van der Waals surface area contributed by atoms with E-state index in [9.17, 15) is 23.3 Å². The molecule has 1 fully saturated rings. The zero-order valence-corrected chi connectivity index (χ0v) is 18.9. The number of fused-ring (bicyclic) bond motifs is 1. The fourth-order valence-electron chi connectivity index (χ4n) is 4.03. The average Bonchev–Trinajstić information content (AvgIpc) is 3.35. The molecule has 1 N–H and O–H groups in total. The van der Waals surface area contributed by atoms with Gasteiger partial charge in [-0.2, -0.15) is 4.31 Å². The lowest BCUT2D eigenvalue weighted by atomic mass is 10.1. The summed E-state index contributed by atoms with van der Waals surface area (Å²) in [6.07, 6.45) is 1.54. The number of likely N-dealkylation sites (N-methyl/N-ethyl adjacent to an activating group) is 1. The summed E-state index contributed by atoms with van der Waals surface area (Å²) >= 11 is 0. The summed E-state index contributed by atoms with van der Waals surface area (Å²) in [4.78, 5) is 25.1. The molecule has 0 spiro atoms. The van der Waals surface area contributed by atoms with Crippen molar-refractivity contribution in [3.63, 3.8) is 0 Å². The van der Waals surface area contributed by atoms with Crippen LogP contribution in [0.1, 0.15) is 12.8 Å². The number of benzene rings is 3. The number of amides is 1. The normalized spacial score (nSPS) is 14.3.